The third-order valence-corrected chi connectivity index (χ3v) is 4.44. The van der Waals surface area contributed by atoms with Crippen LogP contribution in [0.5, 0.6) is 0 Å². The van der Waals surface area contributed by atoms with Gasteiger partial charge >= 0.3 is 0 Å². The summed E-state index contributed by atoms with van der Waals surface area (Å²) in [5, 5.41) is 3.58. The van der Waals surface area contributed by atoms with E-state index in [1.807, 2.05) is 0 Å². The molecular weight excluding hydrogens is 238 g/mol. The predicted octanol–water partition coefficient (Wildman–Crippen LogP) is 3.13. The molecule has 0 aromatic carbocycles. The van der Waals surface area contributed by atoms with Gasteiger partial charge in [0.2, 0.25) is 0 Å². The summed E-state index contributed by atoms with van der Waals surface area (Å²) in [6.45, 7) is 7.28. The molecule has 0 heterocycles. The lowest BCUT2D eigenvalue weighted by Gasteiger charge is -2.44. The van der Waals surface area contributed by atoms with Crippen molar-refractivity contribution in [3.63, 3.8) is 0 Å². The minimum atomic E-state index is 0.285. The maximum Gasteiger partial charge on any atom is 0.0990 e. The molecule has 2 rings (SSSR count). The second kappa shape index (κ2) is 8.23. The second-order valence-corrected chi connectivity index (χ2v) is 6.15. The molecule has 3 unspecified atom stereocenters. The zero-order valence-corrected chi connectivity index (χ0v) is 12.7. The molecule has 2 aliphatic carbocycles. The Bertz CT molecular complexity index is 241. The highest BCUT2D eigenvalue weighted by Gasteiger charge is 2.42. The van der Waals surface area contributed by atoms with Gasteiger partial charge in [-0.3, -0.25) is 0 Å². The van der Waals surface area contributed by atoms with Crippen LogP contribution in [0.25, 0.3) is 0 Å². The van der Waals surface area contributed by atoms with E-state index in [1.54, 1.807) is 0 Å². The van der Waals surface area contributed by atoms with Crippen molar-refractivity contribution >= 4 is 0 Å². The van der Waals surface area contributed by atoms with Crippen LogP contribution >= 0.6 is 0 Å². The topological polar surface area (TPSA) is 30.5 Å². The SMILES string of the molecule is CCCNC1CC(OCC2CCCC2)C1OCCC. The van der Waals surface area contributed by atoms with Crippen LogP contribution in [0.3, 0.4) is 0 Å². The van der Waals surface area contributed by atoms with Crippen molar-refractivity contribution in [2.45, 2.75) is 77.0 Å². The van der Waals surface area contributed by atoms with E-state index >= 15 is 0 Å². The van der Waals surface area contributed by atoms with Crippen molar-refractivity contribution in [3.8, 4) is 0 Å². The molecule has 3 nitrogen and oxygen atoms in total. The first-order chi connectivity index (χ1) is 9.35. The minimum absolute atomic E-state index is 0.285. The lowest BCUT2D eigenvalue weighted by atomic mass is 9.85. The smallest absolute Gasteiger partial charge is 0.0990 e. The monoisotopic (exact) mass is 269 g/mol. The molecule has 0 radical (unpaired) electrons. The first kappa shape index (κ1) is 15.3. The maximum atomic E-state index is 6.12. The van der Waals surface area contributed by atoms with E-state index in [0.717, 1.165) is 38.5 Å². The van der Waals surface area contributed by atoms with Gasteiger partial charge in [-0.05, 0) is 44.6 Å². The summed E-state index contributed by atoms with van der Waals surface area (Å²) >= 11 is 0. The van der Waals surface area contributed by atoms with Gasteiger partial charge in [0.25, 0.3) is 0 Å². The fourth-order valence-corrected chi connectivity index (χ4v) is 3.19. The first-order valence-electron chi connectivity index (χ1n) is 8.31. The molecule has 0 aromatic rings. The summed E-state index contributed by atoms with van der Waals surface area (Å²) in [5.74, 6) is 0.814. The Labute approximate surface area is 118 Å². The summed E-state index contributed by atoms with van der Waals surface area (Å²) in [6.07, 6.45) is 9.55. The van der Waals surface area contributed by atoms with Gasteiger partial charge in [-0.1, -0.05) is 26.7 Å². The molecule has 19 heavy (non-hydrogen) atoms. The third-order valence-electron chi connectivity index (χ3n) is 4.44. The van der Waals surface area contributed by atoms with E-state index in [0.29, 0.717) is 12.1 Å². The van der Waals surface area contributed by atoms with Gasteiger partial charge in [-0.25, -0.2) is 0 Å². The Morgan fingerprint density at radius 2 is 1.84 bits per heavy atom. The van der Waals surface area contributed by atoms with E-state index in [1.165, 1.54) is 32.1 Å². The van der Waals surface area contributed by atoms with Gasteiger partial charge in [0.05, 0.1) is 12.2 Å². The molecular formula is C16H31NO2. The van der Waals surface area contributed by atoms with Gasteiger partial charge in [0.1, 0.15) is 0 Å². The molecule has 0 spiro atoms. The number of ether oxygens (including phenoxy) is 2. The first-order valence-corrected chi connectivity index (χ1v) is 8.31. The summed E-state index contributed by atoms with van der Waals surface area (Å²) in [4.78, 5) is 0. The van der Waals surface area contributed by atoms with Crippen LogP contribution < -0.4 is 5.32 Å². The normalized spacial score (nSPS) is 31.6. The average Bonchev–Trinajstić information content (AvgIpc) is 2.90. The maximum absolute atomic E-state index is 6.12. The predicted molar refractivity (Wildman–Crippen MR) is 78.4 cm³/mol. The summed E-state index contributed by atoms with van der Waals surface area (Å²) in [5.41, 5.74) is 0. The Hall–Kier alpha value is -0.120. The average molecular weight is 269 g/mol. The molecule has 0 aromatic heterocycles. The van der Waals surface area contributed by atoms with Crippen molar-refractivity contribution in [1.82, 2.24) is 5.32 Å². The Kier molecular flexibility index (Phi) is 6.62. The Balaban J connectivity index is 1.69. The standard InChI is InChI=1S/C16H31NO2/c1-3-9-17-14-11-15(16(14)18-10-4-2)19-12-13-7-5-6-8-13/h13-17H,3-12H2,1-2H3. The minimum Gasteiger partial charge on any atom is -0.375 e. The molecule has 3 heteroatoms. The van der Waals surface area contributed by atoms with Crippen molar-refractivity contribution in [1.29, 1.82) is 0 Å². The zero-order chi connectivity index (χ0) is 13.5. The van der Waals surface area contributed by atoms with Gasteiger partial charge in [0.15, 0.2) is 0 Å². The molecule has 0 amide bonds. The van der Waals surface area contributed by atoms with Gasteiger partial charge in [-0.15, -0.1) is 0 Å². The van der Waals surface area contributed by atoms with Crippen molar-refractivity contribution in [2.75, 3.05) is 19.8 Å². The second-order valence-electron chi connectivity index (χ2n) is 6.15. The van der Waals surface area contributed by atoms with Crippen LogP contribution in [0, 0.1) is 5.92 Å². The van der Waals surface area contributed by atoms with Crippen molar-refractivity contribution < 1.29 is 9.47 Å². The molecule has 1 N–H and O–H groups in total. The third kappa shape index (κ3) is 4.44. The van der Waals surface area contributed by atoms with E-state index in [9.17, 15) is 0 Å². The van der Waals surface area contributed by atoms with E-state index < -0.39 is 0 Å². The van der Waals surface area contributed by atoms with Crippen LogP contribution in [0.15, 0.2) is 0 Å². The molecule has 2 aliphatic rings. The lowest BCUT2D eigenvalue weighted by Crippen LogP contribution is -2.60. The molecule has 2 fully saturated rings. The van der Waals surface area contributed by atoms with E-state index in [-0.39, 0.29) is 6.10 Å². The molecule has 3 atom stereocenters. The number of nitrogens with one attached hydrogen (secondary N) is 1. The Morgan fingerprint density at radius 1 is 1.05 bits per heavy atom. The van der Waals surface area contributed by atoms with E-state index in [2.05, 4.69) is 19.2 Å². The fraction of sp³-hybridized carbons (Fsp3) is 1.00. The number of hydrogen-bond acceptors (Lipinski definition) is 3. The highest BCUT2D eigenvalue weighted by molar-refractivity contribution is 4.97. The fourth-order valence-electron chi connectivity index (χ4n) is 3.19. The van der Waals surface area contributed by atoms with Crippen LogP contribution in [0.4, 0.5) is 0 Å². The summed E-state index contributed by atoms with van der Waals surface area (Å²) < 4.78 is 12.1. The zero-order valence-electron chi connectivity index (χ0n) is 12.7. The van der Waals surface area contributed by atoms with Crippen molar-refractivity contribution in [2.24, 2.45) is 5.92 Å². The van der Waals surface area contributed by atoms with Gasteiger partial charge in [0, 0.05) is 19.3 Å². The van der Waals surface area contributed by atoms with Gasteiger partial charge < -0.3 is 14.8 Å². The lowest BCUT2D eigenvalue weighted by molar-refractivity contribution is -0.152. The van der Waals surface area contributed by atoms with Gasteiger partial charge in [-0.2, -0.15) is 0 Å². The van der Waals surface area contributed by atoms with Crippen LogP contribution in [0.2, 0.25) is 0 Å². The molecule has 0 bridgehead atoms. The molecule has 0 saturated heterocycles. The highest BCUT2D eigenvalue weighted by Crippen LogP contribution is 2.31. The highest BCUT2D eigenvalue weighted by atomic mass is 16.5. The number of hydrogen-bond donors (Lipinski definition) is 1. The molecule has 2 saturated carbocycles. The van der Waals surface area contributed by atoms with Crippen LogP contribution in [-0.2, 0) is 9.47 Å². The van der Waals surface area contributed by atoms with Crippen LogP contribution in [0.1, 0.15) is 58.8 Å². The number of rotatable bonds is 9. The largest absolute Gasteiger partial charge is 0.375 e. The molecule has 112 valence electrons. The summed E-state index contributed by atoms with van der Waals surface area (Å²) in [7, 11) is 0. The van der Waals surface area contributed by atoms with Crippen molar-refractivity contribution in [3.05, 3.63) is 0 Å². The Morgan fingerprint density at radius 3 is 2.53 bits per heavy atom. The van der Waals surface area contributed by atoms with E-state index in [4.69, 9.17) is 9.47 Å². The van der Waals surface area contributed by atoms with Crippen LogP contribution in [-0.4, -0.2) is 38.0 Å². The summed E-state index contributed by atoms with van der Waals surface area (Å²) in [6, 6.07) is 0.514. The quantitative estimate of drug-likeness (QED) is 0.697. The molecule has 0 aliphatic heterocycles.